The van der Waals surface area contributed by atoms with Gasteiger partial charge in [0.15, 0.2) is 0 Å². The van der Waals surface area contributed by atoms with E-state index in [1.54, 1.807) is 0 Å². The Balaban J connectivity index is 1.64. The Morgan fingerprint density at radius 1 is 0.500 bits per heavy atom. The second-order valence-electron chi connectivity index (χ2n) is 10.9. The average molecular weight is 451 g/mol. The molecule has 0 heterocycles. The van der Waals surface area contributed by atoms with Crippen LogP contribution in [0.3, 0.4) is 0 Å². The van der Waals surface area contributed by atoms with Crippen LogP contribution >= 0.6 is 15.8 Å². The molecule has 0 saturated heterocycles. The third-order valence-electron chi connectivity index (χ3n) is 8.98. The summed E-state index contributed by atoms with van der Waals surface area (Å²) in [5.74, 6) is 0. The van der Waals surface area contributed by atoms with Gasteiger partial charge in [-0.25, -0.2) is 0 Å². The van der Waals surface area contributed by atoms with Gasteiger partial charge in [-0.05, 0) is 74.0 Å². The van der Waals surface area contributed by atoms with E-state index in [0.717, 1.165) is 34.5 Å². The molecule has 0 N–H and O–H groups in total. The number of aldehydes is 1. The first kappa shape index (κ1) is 23.7. The molecule has 30 heavy (non-hydrogen) atoms. The predicted molar refractivity (Wildman–Crippen MR) is 136 cm³/mol. The van der Waals surface area contributed by atoms with Gasteiger partial charge >= 0.3 is 0 Å². The normalized spacial score (nSPS) is 26.6. The fraction of sp³-hybridized carbons (Fsp3) is 0.963. The molecule has 0 radical (unpaired) electrons. The first-order valence-electron chi connectivity index (χ1n) is 13.9. The molecule has 0 aromatic heterocycles. The lowest BCUT2D eigenvalue weighted by molar-refractivity contribution is -0.107. The van der Waals surface area contributed by atoms with Gasteiger partial charge in [0.05, 0.1) is 0 Å². The third-order valence-corrected chi connectivity index (χ3v) is 17.8. The number of rotatable bonds is 8. The average Bonchev–Trinajstić information content (AvgIpc) is 2.82. The summed E-state index contributed by atoms with van der Waals surface area (Å²) >= 11 is 0. The summed E-state index contributed by atoms with van der Waals surface area (Å²) in [5.41, 5.74) is 4.05. The van der Waals surface area contributed by atoms with Crippen LogP contribution in [0.15, 0.2) is 0 Å². The first-order valence-corrected chi connectivity index (χ1v) is 17.0. The van der Waals surface area contributed by atoms with Crippen LogP contribution in [0, 0.1) is 0 Å². The van der Waals surface area contributed by atoms with Crippen LogP contribution in [0.25, 0.3) is 0 Å². The van der Waals surface area contributed by atoms with Crippen LogP contribution in [-0.4, -0.2) is 34.3 Å². The minimum Gasteiger partial charge on any atom is -0.303 e. The molecular weight excluding hydrogens is 402 g/mol. The smallest absolute Gasteiger partial charge is 0.120 e. The van der Waals surface area contributed by atoms with Crippen LogP contribution in [0.1, 0.15) is 135 Å². The van der Waals surface area contributed by atoms with Crippen molar-refractivity contribution >= 4 is 22.1 Å². The van der Waals surface area contributed by atoms with Crippen molar-refractivity contribution in [2.24, 2.45) is 0 Å². The maximum absolute atomic E-state index is 12.2. The van der Waals surface area contributed by atoms with Crippen molar-refractivity contribution in [3.05, 3.63) is 0 Å². The molecule has 172 valence electrons. The number of hydrogen-bond donors (Lipinski definition) is 0. The molecule has 3 heteroatoms. The highest BCUT2D eigenvalue weighted by atomic mass is 31.2. The molecule has 0 aromatic rings. The van der Waals surface area contributed by atoms with E-state index < -0.39 is 0 Å². The second kappa shape index (κ2) is 12.7. The van der Waals surface area contributed by atoms with Crippen LogP contribution in [-0.2, 0) is 4.79 Å². The van der Waals surface area contributed by atoms with Crippen molar-refractivity contribution in [2.45, 2.75) is 163 Å². The highest BCUT2D eigenvalue weighted by Gasteiger charge is 2.44. The fourth-order valence-corrected chi connectivity index (χ4v) is 18.7. The molecule has 1 nitrogen and oxygen atoms in total. The molecule has 0 amide bonds. The molecular formula is C27H48OP2. The summed E-state index contributed by atoms with van der Waals surface area (Å²) in [7, 11) is 0.0846. The highest BCUT2D eigenvalue weighted by molar-refractivity contribution is 7.77. The number of carbonyl (C=O) groups excluding carboxylic acids is 1. The molecule has 4 fully saturated rings. The van der Waals surface area contributed by atoms with Crippen molar-refractivity contribution in [1.29, 1.82) is 0 Å². The van der Waals surface area contributed by atoms with Gasteiger partial charge in [0.1, 0.15) is 6.29 Å². The van der Waals surface area contributed by atoms with Gasteiger partial charge in [-0.15, -0.1) is 0 Å². The Bertz CT molecular complexity index is 409. The molecule has 0 aromatic carbocycles. The molecule has 4 aliphatic carbocycles. The first-order chi connectivity index (χ1) is 14.9. The molecule has 4 rings (SSSR count). The zero-order valence-electron chi connectivity index (χ0n) is 19.6. The van der Waals surface area contributed by atoms with E-state index in [-0.39, 0.29) is 15.8 Å². The van der Waals surface area contributed by atoms with Crippen LogP contribution in [0.4, 0.5) is 0 Å². The standard InChI is InChI=1S/C27H48OP2/c28-22-21-27(29(23-13-5-1-6-14-23)24-15-7-2-8-16-24)30(25-17-9-3-10-18-25)26-19-11-4-12-20-26/h22-27H,1-21H2. The molecule has 0 bridgehead atoms. The fourth-order valence-electron chi connectivity index (χ4n) is 7.57. The minimum absolute atomic E-state index is 0.0423. The van der Waals surface area contributed by atoms with Crippen molar-refractivity contribution in [1.82, 2.24) is 0 Å². The van der Waals surface area contributed by atoms with E-state index in [2.05, 4.69) is 0 Å². The Morgan fingerprint density at radius 3 is 1.00 bits per heavy atom. The third kappa shape index (κ3) is 6.10. The summed E-state index contributed by atoms with van der Waals surface area (Å²) in [5, 5.41) is 0.838. The van der Waals surface area contributed by atoms with Crippen LogP contribution < -0.4 is 0 Å². The molecule has 0 spiro atoms. The van der Waals surface area contributed by atoms with Gasteiger partial charge in [0.2, 0.25) is 0 Å². The summed E-state index contributed by atoms with van der Waals surface area (Å²) in [6.07, 6.45) is 32.2. The van der Waals surface area contributed by atoms with Gasteiger partial charge in [-0.1, -0.05) is 92.9 Å². The van der Waals surface area contributed by atoms with E-state index in [9.17, 15) is 4.79 Å². The van der Waals surface area contributed by atoms with Crippen LogP contribution in [0.5, 0.6) is 0 Å². The zero-order chi connectivity index (χ0) is 20.6. The second-order valence-corrected chi connectivity index (χ2v) is 17.3. The summed E-state index contributed by atoms with van der Waals surface area (Å²) in [6, 6.07) is 0. The molecule has 4 saturated carbocycles. The minimum atomic E-state index is 0.0423. The number of hydrogen-bond acceptors (Lipinski definition) is 1. The SMILES string of the molecule is O=CCC(P(C1CCCCC1)C1CCCCC1)P(C1CCCCC1)C1CCCCC1. The molecule has 0 unspecified atom stereocenters. The lowest BCUT2D eigenvalue weighted by Crippen LogP contribution is -2.32. The Labute approximate surface area is 189 Å². The van der Waals surface area contributed by atoms with Gasteiger partial charge < -0.3 is 4.79 Å². The quantitative estimate of drug-likeness (QED) is 0.266. The summed E-state index contributed by atoms with van der Waals surface area (Å²) in [6.45, 7) is 0. The Morgan fingerprint density at radius 2 is 0.767 bits per heavy atom. The van der Waals surface area contributed by atoms with Gasteiger partial charge in [0, 0.05) is 11.8 Å². The molecule has 4 aliphatic rings. The maximum atomic E-state index is 12.2. The Kier molecular flexibility index (Phi) is 10.0. The molecule has 0 aliphatic heterocycles. The summed E-state index contributed by atoms with van der Waals surface area (Å²) < 4.78 is 0. The van der Waals surface area contributed by atoms with E-state index in [1.165, 1.54) is 135 Å². The van der Waals surface area contributed by atoms with E-state index in [1.807, 2.05) is 0 Å². The molecule has 0 atom stereocenters. The predicted octanol–water partition coefficient (Wildman–Crippen LogP) is 9.20. The lowest BCUT2D eigenvalue weighted by Gasteiger charge is -2.50. The van der Waals surface area contributed by atoms with Gasteiger partial charge in [-0.3, -0.25) is 0 Å². The van der Waals surface area contributed by atoms with E-state index in [4.69, 9.17) is 0 Å². The highest BCUT2D eigenvalue weighted by Crippen LogP contribution is 2.73. The van der Waals surface area contributed by atoms with Crippen LogP contribution in [0.2, 0.25) is 0 Å². The van der Waals surface area contributed by atoms with Gasteiger partial charge in [0.25, 0.3) is 0 Å². The van der Waals surface area contributed by atoms with E-state index >= 15 is 0 Å². The largest absolute Gasteiger partial charge is 0.303 e. The monoisotopic (exact) mass is 450 g/mol. The van der Waals surface area contributed by atoms with Crippen molar-refractivity contribution in [2.75, 3.05) is 0 Å². The Hall–Kier alpha value is 0.530. The lowest BCUT2D eigenvalue weighted by atomic mass is 9.99. The zero-order valence-corrected chi connectivity index (χ0v) is 21.4. The summed E-state index contributed by atoms with van der Waals surface area (Å²) in [4.78, 5) is 12.2. The van der Waals surface area contributed by atoms with Crippen molar-refractivity contribution in [3.8, 4) is 0 Å². The number of carbonyl (C=O) groups is 1. The maximum Gasteiger partial charge on any atom is 0.120 e. The topological polar surface area (TPSA) is 17.1 Å². The van der Waals surface area contributed by atoms with E-state index in [0.29, 0.717) is 0 Å². The van der Waals surface area contributed by atoms with Crippen molar-refractivity contribution in [3.63, 3.8) is 0 Å². The van der Waals surface area contributed by atoms with Gasteiger partial charge in [-0.2, -0.15) is 0 Å². The van der Waals surface area contributed by atoms with Crippen molar-refractivity contribution < 1.29 is 4.79 Å².